The number of halogens is 3. The molecule has 3 aliphatic heterocycles. The van der Waals surface area contributed by atoms with Gasteiger partial charge in [0.1, 0.15) is 42.3 Å². The number of carbonyl (C=O) groups excluding carboxylic acids is 8. The number of nitrogens with one attached hydrogen (secondary N) is 6. The van der Waals surface area contributed by atoms with Crippen molar-refractivity contribution < 1.29 is 61.0 Å². The standard InChI is InChI=1S/C64H84F3N11O10S/c1-42(2)58(75-54(79)17-9-6-11-30-77-55(80)24-25-56(77)81)62(84)74-52(16-13-29-70-63(68)85)61(83)72-48-21-18-44(19-22-48)40-88-64(86)71-28-10-3-4-12-33-89-41-57(82)78(38-46-35-69-36-51(46)67)59(45-26-31-87-32-27-45)60-73-53(49-34-47(65)20-23-50(49)66)39-76(60)37-43-14-7-5-8-15-43/h5,7-8,14-15,18-25,34,39,42,45-46,51-52,58-59,69H,3-4,6,9-13,16-17,26-33,35-38,40-41H2,1-2H3,(H,71,86)(H,72,83)(H,74,84)(H,75,79)(H3,68,70,85)/t46-,51-,52-,58-,59+/m0/s1. The molecule has 1 aromatic heterocycles. The van der Waals surface area contributed by atoms with Gasteiger partial charge < -0.3 is 56.6 Å². The van der Waals surface area contributed by atoms with Gasteiger partial charge in [-0.1, -0.05) is 75.6 Å². The van der Waals surface area contributed by atoms with Crippen molar-refractivity contribution in [2.75, 3.05) is 69.3 Å². The maximum Gasteiger partial charge on any atom is 0.407 e. The number of nitrogens with zero attached hydrogens (tertiary/aromatic N) is 4. The highest BCUT2D eigenvalue weighted by Crippen LogP contribution is 2.39. The van der Waals surface area contributed by atoms with Crippen molar-refractivity contribution in [3.05, 3.63) is 120 Å². The molecular weight excluding hydrogens is 1170 g/mol. The molecule has 0 saturated carbocycles. The van der Waals surface area contributed by atoms with Crippen molar-refractivity contribution in [1.82, 2.24) is 45.9 Å². The maximum absolute atomic E-state index is 15.5. The van der Waals surface area contributed by atoms with Crippen molar-refractivity contribution in [2.45, 2.75) is 128 Å². The zero-order valence-corrected chi connectivity index (χ0v) is 51.5. The first kappa shape index (κ1) is 68.7. The predicted octanol–water partition coefficient (Wildman–Crippen LogP) is 7.45. The lowest BCUT2D eigenvalue weighted by atomic mass is 9.88. The van der Waals surface area contributed by atoms with Gasteiger partial charge in [-0.2, -0.15) is 11.8 Å². The fourth-order valence-corrected chi connectivity index (χ4v) is 11.9. The molecule has 0 aliphatic carbocycles. The van der Waals surface area contributed by atoms with E-state index in [0.29, 0.717) is 94.2 Å². The van der Waals surface area contributed by atoms with Crippen LogP contribution in [-0.2, 0) is 51.4 Å². The summed E-state index contributed by atoms with van der Waals surface area (Å²) in [6.45, 7) is 6.30. The van der Waals surface area contributed by atoms with Crippen LogP contribution in [0.15, 0.2) is 91.1 Å². The van der Waals surface area contributed by atoms with E-state index in [-0.39, 0.29) is 105 Å². The third kappa shape index (κ3) is 21.8. The van der Waals surface area contributed by atoms with E-state index in [1.165, 1.54) is 23.9 Å². The number of imide groups is 1. The summed E-state index contributed by atoms with van der Waals surface area (Å²) in [5.41, 5.74) is 7.45. The fraction of sp³-hybridized carbons (Fsp3) is 0.516. The molecule has 4 heterocycles. The molecule has 3 aliphatic rings. The number of amides is 9. The number of imidazole rings is 1. The number of aromatic nitrogens is 2. The van der Waals surface area contributed by atoms with E-state index in [1.54, 1.807) is 49.2 Å². The van der Waals surface area contributed by atoms with Crippen LogP contribution in [0, 0.1) is 29.4 Å². The topological polar surface area (TPSA) is 278 Å². The highest BCUT2D eigenvalue weighted by molar-refractivity contribution is 7.99. The Bertz CT molecular complexity index is 3020. The number of carbonyl (C=O) groups is 8. The Hall–Kier alpha value is -7.77. The molecular formula is C64H84F3N11O10S. The Morgan fingerprint density at radius 2 is 1.55 bits per heavy atom. The van der Waals surface area contributed by atoms with Crippen LogP contribution in [-0.4, -0.2) is 149 Å². The summed E-state index contributed by atoms with van der Waals surface area (Å²) in [5, 5.41) is 16.7. The van der Waals surface area contributed by atoms with E-state index in [0.717, 1.165) is 47.9 Å². The van der Waals surface area contributed by atoms with Gasteiger partial charge in [-0.05, 0) is 110 Å². The minimum atomic E-state index is -1.16. The molecule has 0 bridgehead atoms. The Labute approximate surface area is 522 Å². The number of alkyl carbamates (subject to hydrolysis) is 1. The van der Waals surface area contributed by atoms with E-state index in [4.69, 9.17) is 20.2 Å². The fourth-order valence-electron chi connectivity index (χ4n) is 11.0. The number of anilines is 1. The van der Waals surface area contributed by atoms with Crippen molar-refractivity contribution >= 4 is 65.0 Å². The molecule has 0 radical (unpaired) electrons. The van der Waals surface area contributed by atoms with E-state index >= 15 is 8.78 Å². The monoisotopic (exact) mass is 1260 g/mol. The van der Waals surface area contributed by atoms with Crippen LogP contribution < -0.4 is 37.6 Å². The average Bonchev–Trinajstić information content (AvgIpc) is 2.05. The molecule has 0 spiro atoms. The molecule has 482 valence electrons. The number of hydrogen-bond donors (Lipinski definition) is 7. The largest absolute Gasteiger partial charge is 0.445 e. The molecule has 25 heteroatoms. The molecule has 2 fully saturated rings. The van der Waals surface area contributed by atoms with Crippen LogP contribution in [0.2, 0.25) is 0 Å². The number of thioether (sulfide) groups is 1. The molecule has 8 N–H and O–H groups in total. The third-order valence-electron chi connectivity index (χ3n) is 15.9. The zero-order valence-electron chi connectivity index (χ0n) is 50.7. The molecule has 21 nitrogen and oxygen atoms in total. The number of rotatable bonds is 35. The Balaban J connectivity index is 0.844. The summed E-state index contributed by atoms with van der Waals surface area (Å²) in [6.07, 6.45) is 8.87. The van der Waals surface area contributed by atoms with Crippen molar-refractivity contribution in [3.8, 4) is 11.3 Å². The number of hydrogen-bond acceptors (Lipinski definition) is 13. The summed E-state index contributed by atoms with van der Waals surface area (Å²) < 4.78 is 58.6. The van der Waals surface area contributed by atoms with Crippen LogP contribution in [0.4, 0.5) is 28.4 Å². The maximum atomic E-state index is 15.5. The van der Waals surface area contributed by atoms with Gasteiger partial charge in [0.2, 0.25) is 23.6 Å². The van der Waals surface area contributed by atoms with E-state index < -0.39 is 65.8 Å². The van der Waals surface area contributed by atoms with Crippen molar-refractivity contribution in [2.24, 2.45) is 23.5 Å². The van der Waals surface area contributed by atoms with Gasteiger partial charge >= 0.3 is 12.1 Å². The summed E-state index contributed by atoms with van der Waals surface area (Å²) in [7, 11) is 0. The smallest absolute Gasteiger partial charge is 0.407 e. The molecule has 0 unspecified atom stereocenters. The highest BCUT2D eigenvalue weighted by Gasteiger charge is 2.40. The Kier molecular flexibility index (Phi) is 27.4. The van der Waals surface area contributed by atoms with Crippen LogP contribution >= 0.6 is 11.8 Å². The first-order valence-electron chi connectivity index (χ1n) is 30.8. The second-order valence-electron chi connectivity index (χ2n) is 23.0. The minimum absolute atomic E-state index is 0.00499. The van der Waals surface area contributed by atoms with Crippen molar-refractivity contribution in [3.63, 3.8) is 0 Å². The normalized spacial score (nSPS) is 16.9. The summed E-state index contributed by atoms with van der Waals surface area (Å²) in [5.74, 6) is -3.15. The Morgan fingerprint density at radius 1 is 0.831 bits per heavy atom. The lowest BCUT2D eigenvalue weighted by Gasteiger charge is -2.40. The zero-order chi connectivity index (χ0) is 63.7. The van der Waals surface area contributed by atoms with Gasteiger partial charge in [0.05, 0.1) is 17.5 Å². The van der Waals surface area contributed by atoms with Gasteiger partial charge in [0.25, 0.3) is 11.8 Å². The van der Waals surface area contributed by atoms with E-state index in [9.17, 15) is 42.7 Å². The van der Waals surface area contributed by atoms with E-state index in [2.05, 4.69) is 31.9 Å². The molecule has 89 heavy (non-hydrogen) atoms. The van der Waals surface area contributed by atoms with Crippen LogP contribution in [0.25, 0.3) is 11.3 Å². The number of primary amides is 1. The van der Waals surface area contributed by atoms with Crippen molar-refractivity contribution in [1.29, 1.82) is 0 Å². The lowest BCUT2D eigenvalue weighted by molar-refractivity contribution is -0.137. The van der Waals surface area contributed by atoms with Gasteiger partial charge in [0, 0.05) is 101 Å². The van der Waals surface area contributed by atoms with Gasteiger partial charge in [-0.25, -0.2) is 27.7 Å². The van der Waals surface area contributed by atoms with Gasteiger partial charge in [-0.15, -0.1) is 0 Å². The summed E-state index contributed by atoms with van der Waals surface area (Å²) in [4.78, 5) is 110. The third-order valence-corrected chi connectivity index (χ3v) is 16.9. The first-order valence-corrected chi connectivity index (χ1v) is 31.9. The molecule has 2 saturated heterocycles. The number of ether oxygens (including phenoxy) is 2. The highest BCUT2D eigenvalue weighted by atomic mass is 32.2. The summed E-state index contributed by atoms with van der Waals surface area (Å²) in [6, 6.07) is 16.2. The molecule has 3 aromatic carbocycles. The second-order valence-corrected chi connectivity index (χ2v) is 24.1. The minimum Gasteiger partial charge on any atom is -0.445 e. The predicted molar refractivity (Wildman–Crippen MR) is 331 cm³/mol. The van der Waals surface area contributed by atoms with Crippen LogP contribution in [0.3, 0.4) is 0 Å². The lowest BCUT2D eigenvalue weighted by Crippen LogP contribution is -2.54. The van der Waals surface area contributed by atoms with Crippen LogP contribution in [0.1, 0.15) is 114 Å². The number of unbranched alkanes of at least 4 members (excludes halogenated alkanes) is 5. The second kappa shape index (κ2) is 35.4. The SMILES string of the molecule is CC(C)[C@H](NC(=O)CCCCCN1C(=O)C=CC1=O)C(=O)N[C@@H](CCCNC(N)=O)C(=O)Nc1ccc(COC(=O)NCCCCCCSCC(=O)N(C[C@@H]2CNC[C@@H]2F)[C@@H](c2nc(-c3cc(F)ccc3F)cn2Cc2ccccc2)C2CCOCC2)cc1. The Morgan fingerprint density at radius 3 is 2.26 bits per heavy atom. The molecule has 9 amide bonds. The molecule has 7 rings (SSSR count). The number of nitrogens with two attached hydrogens (primary N) is 1. The van der Waals surface area contributed by atoms with Crippen LogP contribution in [0.5, 0.6) is 0 Å². The number of benzene rings is 3. The number of urea groups is 1. The quantitative estimate of drug-likeness (QED) is 0.0174. The van der Waals surface area contributed by atoms with Gasteiger partial charge in [0.15, 0.2) is 0 Å². The molecule has 5 atom stereocenters. The van der Waals surface area contributed by atoms with E-state index in [1.807, 2.05) is 34.9 Å². The summed E-state index contributed by atoms with van der Waals surface area (Å²) >= 11 is 1.50. The molecule has 4 aromatic rings. The number of alkyl halides is 1. The average molecular weight is 1260 g/mol. The van der Waals surface area contributed by atoms with Gasteiger partial charge in [-0.3, -0.25) is 33.7 Å². The first-order chi connectivity index (χ1) is 42.9.